The van der Waals surface area contributed by atoms with Crippen LogP contribution in [0.4, 0.5) is 5.13 Å². The molecule has 0 aliphatic heterocycles. The van der Waals surface area contributed by atoms with Crippen molar-refractivity contribution in [2.24, 2.45) is 0 Å². The molecule has 0 saturated heterocycles. The Labute approximate surface area is 205 Å². The Hall–Kier alpha value is -3.38. The minimum Gasteiger partial charge on any atom is -0.494 e. The first-order chi connectivity index (χ1) is 16.7. The smallest absolute Gasteiger partial charge is 0.260 e. The number of fused-ring (bicyclic) bond motifs is 1. The molecule has 4 aromatic rings. The number of hydrogen-bond acceptors (Lipinski definition) is 5. The molecule has 0 bridgehead atoms. The van der Waals surface area contributed by atoms with Gasteiger partial charge in [0.25, 0.3) is 5.91 Å². The molecule has 0 spiro atoms. The molecule has 1 aromatic heterocycles. The van der Waals surface area contributed by atoms with E-state index >= 15 is 0 Å². The SMILES string of the molecule is CCCCCOc1ccc(C(=O)N(Cc2ccccc2)c2nc3c(OCC)cccc3s2)cc1. The summed E-state index contributed by atoms with van der Waals surface area (Å²) in [5, 5.41) is 0.649. The molecule has 34 heavy (non-hydrogen) atoms. The van der Waals surface area contributed by atoms with Gasteiger partial charge in [-0.25, -0.2) is 4.98 Å². The van der Waals surface area contributed by atoms with Gasteiger partial charge in [-0.3, -0.25) is 9.69 Å². The highest BCUT2D eigenvalue weighted by Crippen LogP contribution is 2.35. The number of hydrogen-bond donors (Lipinski definition) is 0. The van der Waals surface area contributed by atoms with E-state index in [9.17, 15) is 4.79 Å². The van der Waals surface area contributed by atoms with Crippen LogP contribution in [0.15, 0.2) is 72.8 Å². The van der Waals surface area contributed by atoms with Crippen molar-refractivity contribution in [3.05, 3.63) is 83.9 Å². The van der Waals surface area contributed by atoms with Gasteiger partial charge in [0.2, 0.25) is 0 Å². The van der Waals surface area contributed by atoms with Crippen LogP contribution in [-0.2, 0) is 6.54 Å². The van der Waals surface area contributed by atoms with Gasteiger partial charge < -0.3 is 9.47 Å². The minimum absolute atomic E-state index is 0.0987. The van der Waals surface area contributed by atoms with Crippen molar-refractivity contribution in [3.8, 4) is 11.5 Å². The normalized spacial score (nSPS) is 10.9. The average molecular weight is 475 g/mol. The summed E-state index contributed by atoms with van der Waals surface area (Å²) >= 11 is 1.50. The molecule has 5 nitrogen and oxygen atoms in total. The summed E-state index contributed by atoms with van der Waals surface area (Å²) in [7, 11) is 0. The largest absolute Gasteiger partial charge is 0.494 e. The zero-order valence-electron chi connectivity index (χ0n) is 19.7. The van der Waals surface area contributed by atoms with E-state index in [4.69, 9.17) is 14.5 Å². The maximum atomic E-state index is 13.7. The fraction of sp³-hybridized carbons (Fsp3) is 0.286. The van der Waals surface area contributed by atoms with Crippen LogP contribution in [-0.4, -0.2) is 24.1 Å². The number of amides is 1. The number of nitrogens with zero attached hydrogens (tertiary/aromatic N) is 2. The van der Waals surface area contributed by atoms with E-state index in [0.717, 1.165) is 46.5 Å². The summed E-state index contributed by atoms with van der Waals surface area (Å²) in [4.78, 5) is 20.2. The van der Waals surface area contributed by atoms with E-state index in [1.165, 1.54) is 11.3 Å². The van der Waals surface area contributed by atoms with E-state index in [-0.39, 0.29) is 5.91 Å². The lowest BCUT2D eigenvalue weighted by atomic mass is 10.1. The molecule has 0 N–H and O–H groups in total. The molecular weight excluding hydrogens is 444 g/mol. The Balaban J connectivity index is 1.62. The molecule has 0 aliphatic rings. The van der Waals surface area contributed by atoms with Crippen LogP contribution >= 0.6 is 11.3 Å². The molecule has 0 saturated carbocycles. The molecule has 0 unspecified atom stereocenters. The standard InChI is InChI=1S/C28H30N2O3S/c1-3-5-9-19-33-23-17-15-22(16-18-23)27(31)30(20-21-11-7-6-8-12-21)28-29-26-24(32-4-2)13-10-14-25(26)34-28/h6-8,10-18H,3-5,9,19-20H2,1-2H3. The fourth-order valence-corrected chi connectivity index (χ4v) is 4.66. The molecule has 0 atom stereocenters. The highest BCUT2D eigenvalue weighted by atomic mass is 32.1. The number of carbonyl (C=O) groups is 1. The van der Waals surface area contributed by atoms with Gasteiger partial charge in [0, 0.05) is 5.56 Å². The van der Waals surface area contributed by atoms with Crippen molar-refractivity contribution < 1.29 is 14.3 Å². The lowest BCUT2D eigenvalue weighted by Gasteiger charge is -2.20. The monoisotopic (exact) mass is 474 g/mol. The van der Waals surface area contributed by atoms with Crippen molar-refractivity contribution in [1.82, 2.24) is 4.98 Å². The van der Waals surface area contributed by atoms with Crippen LogP contribution in [0, 0.1) is 0 Å². The number of para-hydroxylation sites is 1. The van der Waals surface area contributed by atoms with Crippen LogP contribution in [0.5, 0.6) is 11.5 Å². The number of ether oxygens (including phenoxy) is 2. The molecule has 3 aromatic carbocycles. The summed E-state index contributed by atoms with van der Waals surface area (Å²) in [5.74, 6) is 1.42. The van der Waals surface area contributed by atoms with Crippen molar-refractivity contribution in [1.29, 1.82) is 0 Å². The van der Waals surface area contributed by atoms with Crippen molar-refractivity contribution in [2.75, 3.05) is 18.1 Å². The van der Waals surface area contributed by atoms with Crippen LogP contribution in [0.2, 0.25) is 0 Å². The summed E-state index contributed by atoms with van der Waals surface area (Å²) in [6, 6.07) is 23.2. The number of carbonyl (C=O) groups excluding carboxylic acids is 1. The highest BCUT2D eigenvalue weighted by Gasteiger charge is 2.23. The molecule has 4 rings (SSSR count). The van der Waals surface area contributed by atoms with E-state index in [1.807, 2.05) is 79.7 Å². The summed E-state index contributed by atoms with van der Waals surface area (Å²) in [5.41, 5.74) is 2.42. The predicted molar refractivity (Wildman–Crippen MR) is 139 cm³/mol. The van der Waals surface area contributed by atoms with Gasteiger partial charge in [0.1, 0.15) is 17.0 Å². The first kappa shape index (κ1) is 23.8. The second-order valence-corrected chi connectivity index (χ2v) is 9.00. The number of anilines is 1. The topological polar surface area (TPSA) is 51.7 Å². The third kappa shape index (κ3) is 5.75. The number of rotatable bonds is 11. The van der Waals surface area contributed by atoms with Gasteiger partial charge >= 0.3 is 0 Å². The predicted octanol–water partition coefficient (Wildman–Crippen LogP) is 7.11. The highest BCUT2D eigenvalue weighted by molar-refractivity contribution is 7.22. The van der Waals surface area contributed by atoms with Gasteiger partial charge in [0.15, 0.2) is 5.13 Å². The zero-order chi connectivity index (χ0) is 23.8. The quantitative estimate of drug-likeness (QED) is 0.217. The van der Waals surface area contributed by atoms with Crippen molar-refractivity contribution >= 4 is 32.6 Å². The second-order valence-electron chi connectivity index (χ2n) is 7.99. The Bertz CT molecular complexity index is 1210. The minimum atomic E-state index is -0.0987. The number of aromatic nitrogens is 1. The van der Waals surface area contributed by atoms with Crippen molar-refractivity contribution in [3.63, 3.8) is 0 Å². The number of thiazole rings is 1. The van der Waals surface area contributed by atoms with E-state index in [2.05, 4.69) is 6.92 Å². The lowest BCUT2D eigenvalue weighted by molar-refractivity contribution is 0.0985. The third-order valence-corrected chi connectivity index (χ3v) is 6.49. The molecule has 176 valence electrons. The van der Waals surface area contributed by atoms with Crippen LogP contribution < -0.4 is 14.4 Å². The molecule has 1 amide bonds. The first-order valence-electron chi connectivity index (χ1n) is 11.8. The summed E-state index contributed by atoms with van der Waals surface area (Å²) < 4.78 is 12.6. The van der Waals surface area contributed by atoms with E-state index in [1.54, 1.807) is 4.90 Å². The molecule has 0 radical (unpaired) electrons. The Morgan fingerprint density at radius 3 is 2.44 bits per heavy atom. The van der Waals surface area contributed by atoms with Gasteiger partial charge in [0.05, 0.1) is 24.5 Å². The summed E-state index contributed by atoms with van der Waals surface area (Å²) in [6.07, 6.45) is 3.34. The molecule has 1 heterocycles. The van der Waals surface area contributed by atoms with E-state index in [0.29, 0.717) is 30.5 Å². The fourth-order valence-electron chi connectivity index (χ4n) is 3.68. The van der Waals surface area contributed by atoms with Crippen LogP contribution in [0.3, 0.4) is 0 Å². The summed E-state index contributed by atoms with van der Waals surface area (Å²) in [6.45, 7) is 5.80. The Morgan fingerprint density at radius 2 is 1.71 bits per heavy atom. The van der Waals surface area contributed by atoms with Crippen LogP contribution in [0.1, 0.15) is 49.0 Å². The number of unbranched alkanes of at least 4 members (excludes halogenated alkanes) is 2. The van der Waals surface area contributed by atoms with Crippen molar-refractivity contribution in [2.45, 2.75) is 39.7 Å². The Kier molecular flexibility index (Phi) is 8.15. The maximum Gasteiger partial charge on any atom is 0.260 e. The van der Waals surface area contributed by atoms with Gasteiger partial charge in [-0.15, -0.1) is 0 Å². The van der Waals surface area contributed by atoms with Gasteiger partial charge in [-0.05, 0) is 55.3 Å². The molecule has 0 aliphatic carbocycles. The number of benzene rings is 3. The maximum absolute atomic E-state index is 13.7. The zero-order valence-corrected chi connectivity index (χ0v) is 20.5. The van der Waals surface area contributed by atoms with Gasteiger partial charge in [-0.1, -0.05) is 67.5 Å². The Morgan fingerprint density at radius 1 is 0.912 bits per heavy atom. The lowest BCUT2D eigenvalue weighted by Crippen LogP contribution is -2.30. The van der Waals surface area contributed by atoms with E-state index < -0.39 is 0 Å². The molecular formula is C28H30N2O3S. The average Bonchev–Trinajstić information content (AvgIpc) is 3.31. The molecule has 0 fully saturated rings. The third-order valence-electron chi connectivity index (χ3n) is 5.45. The second kappa shape index (κ2) is 11.7. The first-order valence-corrected chi connectivity index (χ1v) is 12.6. The molecule has 6 heteroatoms. The van der Waals surface area contributed by atoms with Gasteiger partial charge in [-0.2, -0.15) is 0 Å². The van der Waals surface area contributed by atoms with Crippen LogP contribution in [0.25, 0.3) is 10.2 Å².